The number of hydrogen-bond donors (Lipinski definition) is 0. The highest BCUT2D eigenvalue weighted by atomic mass is 35.5. The van der Waals surface area contributed by atoms with Crippen molar-refractivity contribution < 1.29 is 9.32 Å². The summed E-state index contributed by atoms with van der Waals surface area (Å²) < 4.78 is 5.40. The maximum atomic E-state index is 12.5. The van der Waals surface area contributed by atoms with E-state index in [0.717, 1.165) is 16.8 Å². The molecule has 1 aliphatic rings. The lowest BCUT2D eigenvalue weighted by atomic mass is 10.1. The van der Waals surface area contributed by atoms with Crippen molar-refractivity contribution in [2.45, 2.75) is 19.3 Å². The molecule has 1 aliphatic heterocycles. The van der Waals surface area contributed by atoms with Crippen LogP contribution >= 0.6 is 11.6 Å². The first-order chi connectivity index (χ1) is 12.1. The number of nitrogens with zero attached hydrogens (tertiary/aromatic N) is 4. The smallest absolute Gasteiger partial charge is 0.232 e. The van der Waals surface area contributed by atoms with E-state index in [1.165, 1.54) is 0 Å². The molecule has 0 radical (unpaired) electrons. The Hall–Kier alpha value is -2.73. The summed E-state index contributed by atoms with van der Waals surface area (Å²) in [4.78, 5) is 22.7. The number of halogens is 1. The topological polar surface area (TPSA) is 72.1 Å². The van der Waals surface area contributed by atoms with Crippen molar-refractivity contribution in [1.29, 1.82) is 0 Å². The number of benzene rings is 1. The fraction of sp³-hybridized carbons (Fsp3) is 0.222. The van der Waals surface area contributed by atoms with Crippen LogP contribution in [0.3, 0.4) is 0 Å². The molecule has 6 nitrogen and oxygen atoms in total. The molecule has 1 aromatic carbocycles. The third kappa shape index (κ3) is 3.00. The SMILES string of the molecule is Cc1ccc(Cl)cc1N1CC(c2nc(-c3cccnc3)no2)CC1=O. The zero-order valence-corrected chi connectivity index (χ0v) is 14.3. The summed E-state index contributed by atoms with van der Waals surface area (Å²) in [5.74, 6) is 0.836. The van der Waals surface area contributed by atoms with Gasteiger partial charge in [0.05, 0.1) is 5.92 Å². The number of amides is 1. The summed E-state index contributed by atoms with van der Waals surface area (Å²) in [5.41, 5.74) is 2.61. The first kappa shape index (κ1) is 15.8. The van der Waals surface area contributed by atoms with Gasteiger partial charge in [-0.2, -0.15) is 4.98 Å². The van der Waals surface area contributed by atoms with Gasteiger partial charge in [-0.1, -0.05) is 22.8 Å². The van der Waals surface area contributed by atoms with Crippen LogP contribution in [0.2, 0.25) is 5.02 Å². The minimum absolute atomic E-state index is 0.0245. The first-order valence-corrected chi connectivity index (χ1v) is 8.30. The summed E-state index contributed by atoms with van der Waals surface area (Å²) in [5, 5.41) is 4.61. The van der Waals surface area contributed by atoms with Crippen LogP contribution in [-0.4, -0.2) is 27.6 Å². The molecule has 0 N–H and O–H groups in total. The fourth-order valence-electron chi connectivity index (χ4n) is 2.99. The van der Waals surface area contributed by atoms with Gasteiger partial charge in [-0.25, -0.2) is 0 Å². The number of rotatable bonds is 3. The van der Waals surface area contributed by atoms with Crippen LogP contribution in [0, 0.1) is 6.92 Å². The Morgan fingerprint density at radius 3 is 3.00 bits per heavy atom. The predicted octanol–water partition coefficient (Wildman–Crippen LogP) is 3.61. The molecule has 4 rings (SSSR count). The number of carbonyl (C=O) groups excluding carboxylic acids is 1. The van der Waals surface area contributed by atoms with Crippen LogP contribution in [0.25, 0.3) is 11.4 Å². The number of pyridine rings is 1. The molecule has 7 heteroatoms. The Kier molecular flexibility index (Phi) is 3.97. The molecular weight excluding hydrogens is 340 g/mol. The van der Waals surface area contributed by atoms with E-state index in [4.69, 9.17) is 16.1 Å². The molecule has 3 heterocycles. The lowest BCUT2D eigenvalue weighted by molar-refractivity contribution is -0.117. The minimum atomic E-state index is -0.135. The Morgan fingerprint density at radius 1 is 1.32 bits per heavy atom. The molecule has 0 aliphatic carbocycles. The molecule has 1 amide bonds. The highest BCUT2D eigenvalue weighted by Gasteiger charge is 2.35. The molecule has 3 aromatic rings. The molecule has 25 heavy (non-hydrogen) atoms. The van der Waals surface area contributed by atoms with Crippen LogP contribution in [-0.2, 0) is 4.79 Å². The number of hydrogen-bond acceptors (Lipinski definition) is 5. The van der Waals surface area contributed by atoms with Gasteiger partial charge >= 0.3 is 0 Å². The van der Waals surface area contributed by atoms with Gasteiger partial charge in [-0.3, -0.25) is 9.78 Å². The molecule has 1 atom stereocenters. The van der Waals surface area contributed by atoms with Gasteiger partial charge in [-0.05, 0) is 36.8 Å². The Labute approximate surface area is 149 Å². The lowest BCUT2D eigenvalue weighted by Crippen LogP contribution is -2.25. The third-order valence-electron chi connectivity index (χ3n) is 4.30. The quantitative estimate of drug-likeness (QED) is 0.718. The van der Waals surface area contributed by atoms with Gasteiger partial charge in [0.2, 0.25) is 17.6 Å². The van der Waals surface area contributed by atoms with Crippen molar-refractivity contribution in [2.75, 3.05) is 11.4 Å². The summed E-state index contributed by atoms with van der Waals surface area (Å²) >= 11 is 6.08. The van der Waals surface area contributed by atoms with Crippen LogP contribution in [0.4, 0.5) is 5.69 Å². The van der Waals surface area contributed by atoms with Crippen LogP contribution in [0.15, 0.2) is 47.2 Å². The van der Waals surface area contributed by atoms with Gasteiger partial charge < -0.3 is 9.42 Å². The zero-order valence-electron chi connectivity index (χ0n) is 13.5. The van der Waals surface area contributed by atoms with E-state index in [1.54, 1.807) is 17.3 Å². The van der Waals surface area contributed by atoms with E-state index in [2.05, 4.69) is 15.1 Å². The largest absolute Gasteiger partial charge is 0.339 e. The molecule has 126 valence electrons. The van der Waals surface area contributed by atoms with E-state index in [-0.39, 0.29) is 11.8 Å². The van der Waals surface area contributed by atoms with Gasteiger partial charge in [0.1, 0.15) is 0 Å². The van der Waals surface area contributed by atoms with Gasteiger partial charge in [0.25, 0.3) is 0 Å². The first-order valence-electron chi connectivity index (χ1n) is 7.92. The Balaban J connectivity index is 1.59. The second-order valence-corrected chi connectivity index (χ2v) is 6.47. The molecule has 0 spiro atoms. The molecule has 1 fully saturated rings. The Bertz CT molecular complexity index is 926. The molecule has 1 unspecified atom stereocenters. The van der Waals surface area contributed by atoms with Crippen LogP contribution in [0.5, 0.6) is 0 Å². The molecule has 0 bridgehead atoms. The van der Waals surface area contributed by atoms with Crippen LogP contribution in [0.1, 0.15) is 23.8 Å². The number of aromatic nitrogens is 3. The zero-order chi connectivity index (χ0) is 17.4. The van der Waals surface area contributed by atoms with Crippen LogP contribution < -0.4 is 4.90 Å². The number of aryl methyl sites for hydroxylation is 1. The van der Waals surface area contributed by atoms with E-state index in [0.29, 0.717) is 29.7 Å². The number of carbonyl (C=O) groups is 1. The van der Waals surface area contributed by atoms with E-state index in [1.807, 2.05) is 37.3 Å². The van der Waals surface area contributed by atoms with Crippen molar-refractivity contribution >= 4 is 23.2 Å². The molecule has 1 saturated heterocycles. The minimum Gasteiger partial charge on any atom is -0.339 e. The van der Waals surface area contributed by atoms with Gasteiger partial charge in [-0.15, -0.1) is 0 Å². The summed E-state index contributed by atoms with van der Waals surface area (Å²) in [7, 11) is 0. The highest BCUT2D eigenvalue weighted by Crippen LogP contribution is 2.34. The van der Waals surface area contributed by atoms with Gasteiger partial charge in [0.15, 0.2) is 0 Å². The summed E-state index contributed by atoms with van der Waals surface area (Å²) in [6, 6.07) is 9.21. The molecular formula is C18H15ClN4O2. The van der Waals surface area contributed by atoms with Crippen molar-refractivity contribution in [1.82, 2.24) is 15.1 Å². The van der Waals surface area contributed by atoms with Crippen molar-refractivity contribution in [3.8, 4) is 11.4 Å². The van der Waals surface area contributed by atoms with Crippen molar-refractivity contribution in [3.05, 3.63) is 59.2 Å². The van der Waals surface area contributed by atoms with E-state index < -0.39 is 0 Å². The average Bonchev–Trinajstić information content (AvgIpc) is 3.25. The van der Waals surface area contributed by atoms with E-state index >= 15 is 0 Å². The maximum absolute atomic E-state index is 12.5. The third-order valence-corrected chi connectivity index (χ3v) is 4.53. The summed E-state index contributed by atoms with van der Waals surface area (Å²) in [6.45, 7) is 2.45. The maximum Gasteiger partial charge on any atom is 0.232 e. The monoisotopic (exact) mass is 354 g/mol. The summed E-state index contributed by atoms with van der Waals surface area (Å²) in [6.07, 6.45) is 3.70. The van der Waals surface area contributed by atoms with E-state index in [9.17, 15) is 4.79 Å². The second-order valence-electron chi connectivity index (χ2n) is 6.03. The Morgan fingerprint density at radius 2 is 2.20 bits per heavy atom. The standard InChI is InChI=1S/C18H15ClN4O2/c1-11-4-5-14(19)8-15(11)23-10-13(7-16(23)24)18-21-17(22-25-18)12-3-2-6-20-9-12/h2-6,8-9,13H,7,10H2,1H3. The molecule has 2 aromatic heterocycles. The highest BCUT2D eigenvalue weighted by molar-refractivity contribution is 6.31. The fourth-order valence-corrected chi connectivity index (χ4v) is 3.16. The normalized spacial score (nSPS) is 17.3. The molecule has 0 saturated carbocycles. The van der Waals surface area contributed by atoms with Crippen molar-refractivity contribution in [2.24, 2.45) is 0 Å². The van der Waals surface area contributed by atoms with Gasteiger partial charge in [0, 0.05) is 41.6 Å². The van der Waals surface area contributed by atoms with Crippen molar-refractivity contribution in [3.63, 3.8) is 0 Å². The lowest BCUT2D eigenvalue weighted by Gasteiger charge is -2.18. The average molecular weight is 355 g/mol. The second kappa shape index (κ2) is 6.29. The number of anilines is 1. The predicted molar refractivity (Wildman–Crippen MR) is 93.4 cm³/mol.